The summed E-state index contributed by atoms with van der Waals surface area (Å²) in [6.45, 7) is 5.62. The van der Waals surface area contributed by atoms with E-state index in [-0.39, 0.29) is 12.0 Å². The van der Waals surface area contributed by atoms with Gasteiger partial charge in [0.25, 0.3) is 0 Å². The van der Waals surface area contributed by atoms with Gasteiger partial charge in [0, 0.05) is 11.2 Å². The lowest BCUT2D eigenvalue weighted by Crippen LogP contribution is -2.62. The van der Waals surface area contributed by atoms with Gasteiger partial charge >= 0.3 is 6.09 Å². The average Bonchev–Trinajstić information content (AvgIpc) is 3.36. The molecule has 0 radical (unpaired) electrons. The highest BCUT2D eigenvalue weighted by Crippen LogP contribution is 2.41. The van der Waals surface area contributed by atoms with Crippen molar-refractivity contribution >= 4 is 17.7 Å². The number of halogens is 1. The second-order valence-electron chi connectivity index (χ2n) is 10.3. The molecule has 6 nitrogen and oxygen atoms in total. The van der Waals surface area contributed by atoms with E-state index in [0.717, 1.165) is 42.5 Å². The number of nitrogens with zero attached hydrogens (tertiary/aromatic N) is 1. The molecular formula is C28H35ClN4O2. The summed E-state index contributed by atoms with van der Waals surface area (Å²) in [5.74, 6) is 0.136. The molecule has 1 aliphatic rings. The molecule has 1 heterocycles. The number of alkyl carbamates (subject to hydrolysis) is 1. The molecule has 1 amide bonds. The van der Waals surface area contributed by atoms with Crippen LogP contribution in [0.1, 0.15) is 75.7 Å². The molecule has 2 atom stereocenters. The highest BCUT2D eigenvalue weighted by atomic mass is 35.5. The van der Waals surface area contributed by atoms with Crippen molar-refractivity contribution < 1.29 is 9.53 Å². The van der Waals surface area contributed by atoms with Crippen molar-refractivity contribution in [2.24, 2.45) is 5.92 Å². The highest BCUT2D eigenvalue weighted by molar-refractivity contribution is 6.30. The van der Waals surface area contributed by atoms with Crippen LogP contribution in [0.25, 0.3) is 0 Å². The molecule has 1 aromatic heterocycles. The molecule has 0 bridgehead atoms. The summed E-state index contributed by atoms with van der Waals surface area (Å²) in [4.78, 5) is 13.4. The van der Waals surface area contributed by atoms with Gasteiger partial charge in [-0.05, 0) is 68.9 Å². The van der Waals surface area contributed by atoms with Crippen LogP contribution in [-0.4, -0.2) is 21.9 Å². The minimum Gasteiger partial charge on any atom is -0.444 e. The Kier molecular flexibility index (Phi) is 7.82. The Morgan fingerprint density at radius 1 is 1.06 bits per heavy atom. The van der Waals surface area contributed by atoms with Crippen molar-refractivity contribution in [3.63, 3.8) is 0 Å². The number of rotatable bonds is 7. The number of H-pyrrole nitrogens is 1. The summed E-state index contributed by atoms with van der Waals surface area (Å²) in [5.41, 5.74) is 1.33. The number of ether oxygens (including phenoxy) is 1. The van der Waals surface area contributed by atoms with E-state index in [4.69, 9.17) is 16.3 Å². The molecule has 1 aliphatic carbocycles. The molecule has 4 rings (SSSR count). The van der Waals surface area contributed by atoms with Gasteiger partial charge in [-0.3, -0.25) is 15.7 Å². The van der Waals surface area contributed by atoms with E-state index in [9.17, 15) is 4.79 Å². The summed E-state index contributed by atoms with van der Waals surface area (Å²) in [7, 11) is 0. The predicted octanol–water partition coefficient (Wildman–Crippen LogP) is 6.70. The van der Waals surface area contributed by atoms with Crippen LogP contribution in [0.3, 0.4) is 0 Å². The zero-order valence-electron chi connectivity index (χ0n) is 20.7. The van der Waals surface area contributed by atoms with Crippen molar-refractivity contribution in [3.05, 3.63) is 88.7 Å². The molecule has 186 valence electrons. The molecule has 2 unspecified atom stereocenters. The minimum atomic E-state index is -0.917. The zero-order chi connectivity index (χ0) is 24.9. The van der Waals surface area contributed by atoms with Crippen molar-refractivity contribution in [3.8, 4) is 0 Å². The van der Waals surface area contributed by atoms with Crippen molar-refractivity contribution in [1.29, 1.82) is 0 Å². The largest absolute Gasteiger partial charge is 0.444 e. The number of carbonyl (C=O) groups is 1. The maximum atomic E-state index is 13.4. The first kappa shape index (κ1) is 25.3. The SMILES string of the molecule is CC(C)(C)OC(=O)NC(NC(c1ccccc1)c1ccn[nH]1)(c1cccc(Cl)c1)C1CCCCC1. The molecular weight excluding hydrogens is 460 g/mol. The number of hydrogen-bond acceptors (Lipinski definition) is 4. The van der Waals surface area contributed by atoms with Crippen LogP contribution in [0.2, 0.25) is 5.02 Å². The molecule has 1 saturated carbocycles. The van der Waals surface area contributed by atoms with E-state index in [2.05, 4.69) is 33.0 Å². The lowest BCUT2D eigenvalue weighted by Gasteiger charge is -2.46. The molecule has 0 spiro atoms. The number of benzene rings is 2. The number of nitrogens with one attached hydrogen (secondary N) is 3. The number of amides is 1. The Hall–Kier alpha value is -2.83. The summed E-state index contributed by atoms with van der Waals surface area (Å²) >= 11 is 6.50. The number of aromatic nitrogens is 2. The van der Waals surface area contributed by atoms with Crippen molar-refractivity contribution in [1.82, 2.24) is 20.8 Å². The minimum absolute atomic E-state index is 0.136. The first-order chi connectivity index (χ1) is 16.8. The van der Waals surface area contributed by atoms with Gasteiger partial charge in [-0.2, -0.15) is 5.10 Å². The third-order valence-corrected chi connectivity index (χ3v) is 6.77. The number of hydrogen-bond donors (Lipinski definition) is 3. The van der Waals surface area contributed by atoms with Crippen LogP contribution in [0.4, 0.5) is 4.79 Å². The smallest absolute Gasteiger partial charge is 0.409 e. The fraction of sp³-hybridized carbons (Fsp3) is 0.429. The molecule has 1 fully saturated rings. The standard InChI is InChI=1S/C28H35ClN4O2/c1-27(2,3)35-26(34)32-28(21-13-8-5-9-14-21,22-15-10-16-23(29)19-22)31-25(24-17-18-30-33-24)20-11-6-4-7-12-20/h4,6-7,10-12,15-19,21,25,31H,5,8-9,13-14H2,1-3H3,(H,30,33)(H,32,34). The van der Waals surface area contributed by atoms with Crippen molar-refractivity contribution in [2.75, 3.05) is 0 Å². The lowest BCUT2D eigenvalue weighted by atomic mass is 9.75. The van der Waals surface area contributed by atoms with Gasteiger partial charge in [-0.15, -0.1) is 0 Å². The van der Waals surface area contributed by atoms with E-state index in [1.165, 1.54) is 6.42 Å². The summed E-state index contributed by atoms with van der Waals surface area (Å²) < 4.78 is 5.77. The Bertz CT molecular complexity index is 1090. The van der Waals surface area contributed by atoms with Gasteiger partial charge in [-0.25, -0.2) is 4.79 Å². The molecule has 2 aromatic carbocycles. The maximum Gasteiger partial charge on any atom is 0.409 e. The topological polar surface area (TPSA) is 79.0 Å². The first-order valence-corrected chi connectivity index (χ1v) is 12.7. The van der Waals surface area contributed by atoms with Crippen molar-refractivity contribution in [2.45, 2.75) is 70.2 Å². The molecule has 7 heteroatoms. The summed E-state index contributed by atoms with van der Waals surface area (Å²) in [6, 6.07) is 19.6. The molecule has 35 heavy (non-hydrogen) atoms. The monoisotopic (exact) mass is 494 g/mol. The van der Waals surface area contributed by atoms with Crippen LogP contribution in [-0.2, 0) is 10.4 Å². The molecule has 3 N–H and O–H groups in total. The fourth-order valence-corrected chi connectivity index (χ4v) is 5.21. The summed E-state index contributed by atoms with van der Waals surface area (Å²) in [6.07, 6.45) is 6.62. The van der Waals surface area contributed by atoms with Crippen LogP contribution in [0.5, 0.6) is 0 Å². The lowest BCUT2D eigenvalue weighted by molar-refractivity contribution is 0.0288. The van der Waals surface area contributed by atoms with Crippen LogP contribution >= 0.6 is 11.6 Å². The van der Waals surface area contributed by atoms with Gasteiger partial charge in [0.1, 0.15) is 11.3 Å². The highest BCUT2D eigenvalue weighted by Gasteiger charge is 2.45. The first-order valence-electron chi connectivity index (χ1n) is 12.4. The van der Waals surface area contributed by atoms with Crippen LogP contribution in [0.15, 0.2) is 66.9 Å². The zero-order valence-corrected chi connectivity index (χ0v) is 21.4. The van der Waals surface area contributed by atoms with E-state index in [0.29, 0.717) is 5.02 Å². The predicted molar refractivity (Wildman–Crippen MR) is 139 cm³/mol. The van der Waals surface area contributed by atoms with E-state index < -0.39 is 17.4 Å². The van der Waals surface area contributed by atoms with Gasteiger partial charge in [0.2, 0.25) is 0 Å². The maximum absolute atomic E-state index is 13.4. The Morgan fingerprint density at radius 2 is 1.80 bits per heavy atom. The second kappa shape index (κ2) is 10.8. The number of aromatic amines is 1. The Labute approximate surface area is 212 Å². The van der Waals surface area contributed by atoms with E-state index in [1.54, 1.807) is 6.20 Å². The van der Waals surface area contributed by atoms with E-state index in [1.807, 2.05) is 69.3 Å². The molecule has 3 aromatic rings. The normalized spacial score (nSPS) is 17.4. The Balaban J connectivity index is 1.86. The van der Waals surface area contributed by atoms with Gasteiger partial charge in [-0.1, -0.05) is 73.3 Å². The van der Waals surface area contributed by atoms with E-state index >= 15 is 0 Å². The Morgan fingerprint density at radius 3 is 2.43 bits per heavy atom. The van der Waals surface area contributed by atoms with Gasteiger partial charge < -0.3 is 4.74 Å². The molecule has 0 saturated heterocycles. The van der Waals surface area contributed by atoms with Crippen LogP contribution in [0, 0.1) is 5.92 Å². The summed E-state index contributed by atoms with van der Waals surface area (Å²) in [5, 5.41) is 15.1. The average molecular weight is 495 g/mol. The second-order valence-corrected chi connectivity index (χ2v) is 10.7. The third-order valence-electron chi connectivity index (χ3n) is 6.53. The third kappa shape index (κ3) is 6.24. The molecule has 0 aliphatic heterocycles. The van der Waals surface area contributed by atoms with Crippen LogP contribution < -0.4 is 10.6 Å². The quantitative estimate of drug-likeness (QED) is 0.319. The van der Waals surface area contributed by atoms with Gasteiger partial charge in [0.05, 0.1) is 11.7 Å². The number of carbonyl (C=O) groups excluding carboxylic acids is 1. The fourth-order valence-electron chi connectivity index (χ4n) is 5.02. The van der Waals surface area contributed by atoms with Gasteiger partial charge in [0.15, 0.2) is 0 Å².